The second-order valence-electron chi connectivity index (χ2n) is 7.15. The first-order valence-electron chi connectivity index (χ1n) is 9.10. The van der Waals surface area contributed by atoms with Crippen LogP contribution in [0.4, 0.5) is 0 Å². The topological polar surface area (TPSA) is 92.7 Å². The van der Waals surface area contributed by atoms with Crippen molar-refractivity contribution in [2.45, 2.75) is 57.9 Å². The predicted molar refractivity (Wildman–Crippen MR) is 97.3 cm³/mol. The van der Waals surface area contributed by atoms with Crippen molar-refractivity contribution in [2.75, 3.05) is 6.61 Å². The molecule has 1 aliphatic carbocycles. The van der Waals surface area contributed by atoms with Crippen molar-refractivity contribution in [3.05, 3.63) is 29.8 Å². The summed E-state index contributed by atoms with van der Waals surface area (Å²) < 4.78 is 5.58. The Bertz CT molecular complexity index is 662. The molecular formula is C20H27NO5. The van der Waals surface area contributed by atoms with Crippen molar-refractivity contribution in [1.82, 2.24) is 5.32 Å². The fourth-order valence-electron chi connectivity index (χ4n) is 3.20. The van der Waals surface area contributed by atoms with Gasteiger partial charge in [-0.25, -0.2) is 4.79 Å². The molecule has 2 N–H and O–H groups in total. The quantitative estimate of drug-likeness (QED) is 0.548. The fourth-order valence-corrected chi connectivity index (χ4v) is 3.20. The number of Topliss-reactive ketones (excluding diaryl/α,β-unsaturated/α-hetero) is 1. The average molecular weight is 361 g/mol. The number of hydrogen-bond donors (Lipinski definition) is 2. The molecule has 1 amide bonds. The molecule has 0 saturated heterocycles. The van der Waals surface area contributed by atoms with Gasteiger partial charge in [0, 0.05) is 12.0 Å². The highest BCUT2D eigenvalue weighted by Crippen LogP contribution is 2.32. The van der Waals surface area contributed by atoms with Gasteiger partial charge in [0.2, 0.25) is 5.91 Å². The molecule has 0 atom stereocenters. The summed E-state index contributed by atoms with van der Waals surface area (Å²) in [6.07, 6.45) is 3.25. The van der Waals surface area contributed by atoms with Crippen LogP contribution in [0.1, 0.15) is 62.7 Å². The molecular weight excluding hydrogens is 334 g/mol. The lowest BCUT2D eigenvalue weighted by Gasteiger charge is -2.36. The minimum absolute atomic E-state index is 0.0319. The summed E-state index contributed by atoms with van der Waals surface area (Å²) in [6.45, 7) is 3.92. The van der Waals surface area contributed by atoms with Gasteiger partial charge in [0.05, 0.1) is 6.61 Å². The molecule has 6 heteroatoms. The fraction of sp³-hybridized carbons (Fsp3) is 0.550. The molecule has 0 aromatic heterocycles. The van der Waals surface area contributed by atoms with E-state index >= 15 is 0 Å². The van der Waals surface area contributed by atoms with Crippen molar-refractivity contribution in [3.8, 4) is 5.75 Å². The number of ketones is 1. The Balaban J connectivity index is 1.78. The molecule has 1 aromatic rings. The van der Waals surface area contributed by atoms with E-state index in [1.165, 1.54) is 6.92 Å². The van der Waals surface area contributed by atoms with Crippen LogP contribution in [0.2, 0.25) is 0 Å². The Labute approximate surface area is 153 Å². The first-order chi connectivity index (χ1) is 12.3. The van der Waals surface area contributed by atoms with E-state index in [-0.39, 0.29) is 18.1 Å². The number of carbonyl (C=O) groups excluding carboxylic acids is 2. The molecule has 0 heterocycles. The molecule has 0 bridgehead atoms. The molecule has 6 nitrogen and oxygen atoms in total. The van der Waals surface area contributed by atoms with Gasteiger partial charge in [-0.2, -0.15) is 0 Å². The number of benzene rings is 1. The summed E-state index contributed by atoms with van der Waals surface area (Å²) >= 11 is 0. The maximum atomic E-state index is 12.2. The molecule has 0 aliphatic heterocycles. The van der Waals surface area contributed by atoms with E-state index in [0.29, 0.717) is 43.1 Å². The van der Waals surface area contributed by atoms with Crippen LogP contribution in [0.25, 0.3) is 0 Å². The number of rotatable bonds is 8. The van der Waals surface area contributed by atoms with Crippen molar-refractivity contribution >= 4 is 17.7 Å². The molecule has 2 rings (SSSR count). The zero-order chi connectivity index (χ0) is 19.2. The van der Waals surface area contributed by atoms with E-state index < -0.39 is 11.5 Å². The van der Waals surface area contributed by atoms with Gasteiger partial charge in [-0.1, -0.05) is 19.1 Å². The summed E-state index contributed by atoms with van der Waals surface area (Å²) in [4.78, 5) is 35.2. The van der Waals surface area contributed by atoms with Gasteiger partial charge in [0.1, 0.15) is 11.3 Å². The van der Waals surface area contributed by atoms with Gasteiger partial charge < -0.3 is 15.2 Å². The summed E-state index contributed by atoms with van der Waals surface area (Å²) in [5.74, 6) is -0.159. The van der Waals surface area contributed by atoms with Gasteiger partial charge in [0.25, 0.3) is 0 Å². The van der Waals surface area contributed by atoms with Crippen LogP contribution in [-0.2, 0) is 9.59 Å². The minimum Gasteiger partial charge on any atom is -0.494 e. The maximum Gasteiger partial charge on any atom is 0.329 e. The zero-order valence-electron chi connectivity index (χ0n) is 15.4. The van der Waals surface area contributed by atoms with Crippen molar-refractivity contribution < 1.29 is 24.2 Å². The third-order valence-electron chi connectivity index (χ3n) is 4.97. The van der Waals surface area contributed by atoms with E-state index in [2.05, 4.69) is 12.2 Å². The number of aliphatic carboxylic acids is 1. The first kappa shape index (κ1) is 19.9. The lowest BCUT2D eigenvalue weighted by Crippen LogP contribution is -2.56. The number of carbonyl (C=O) groups is 3. The number of hydrogen-bond acceptors (Lipinski definition) is 4. The molecule has 0 radical (unpaired) electrons. The number of ether oxygens (including phenoxy) is 1. The standard InChI is InChI=1S/C20H27NO5/c1-14-8-10-20(11-9-14,19(24)25)21-18(23)7-4-12-26-17-6-3-5-16(13-17)15(2)22/h3,5-6,13-14H,4,7-12H2,1-2H3,(H,21,23)(H,24,25). The van der Waals surface area contributed by atoms with E-state index in [1.807, 2.05) is 0 Å². The number of amides is 1. The third kappa shape index (κ3) is 5.31. The SMILES string of the molecule is CC(=O)c1cccc(OCCCC(=O)NC2(C(=O)O)CCC(C)CC2)c1. The first-order valence-corrected chi connectivity index (χ1v) is 9.10. The second-order valence-corrected chi connectivity index (χ2v) is 7.15. The second kappa shape index (κ2) is 8.83. The van der Waals surface area contributed by atoms with Gasteiger partial charge in [0.15, 0.2) is 5.78 Å². The Hall–Kier alpha value is -2.37. The van der Waals surface area contributed by atoms with Crippen LogP contribution in [0, 0.1) is 5.92 Å². The summed E-state index contributed by atoms with van der Waals surface area (Å²) in [6, 6.07) is 6.90. The van der Waals surface area contributed by atoms with Gasteiger partial charge >= 0.3 is 5.97 Å². The van der Waals surface area contributed by atoms with Crippen LogP contribution in [0.3, 0.4) is 0 Å². The smallest absolute Gasteiger partial charge is 0.329 e. The molecule has 1 aromatic carbocycles. The lowest BCUT2D eigenvalue weighted by atomic mass is 9.77. The van der Waals surface area contributed by atoms with Crippen molar-refractivity contribution in [2.24, 2.45) is 5.92 Å². The largest absolute Gasteiger partial charge is 0.494 e. The maximum absolute atomic E-state index is 12.2. The van der Waals surface area contributed by atoms with Crippen LogP contribution in [-0.4, -0.2) is 34.9 Å². The molecule has 1 fully saturated rings. The summed E-state index contributed by atoms with van der Waals surface area (Å²) in [5.41, 5.74) is -0.546. The Kier molecular flexibility index (Phi) is 6.77. The Morgan fingerprint density at radius 1 is 1.27 bits per heavy atom. The number of nitrogens with one attached hydrogen (secondary N) is 1. The van der Waals surface area contributed by atoms with Crippen LogP contribution < -0.4 is 10.1 Å². The normalized spacial score (nSPS) is 22.5. The summed E-state index contributed by atoms with van der Waals surface area (Å²) in [7, 11) is 0. The van der Waals surface area contributed by atoms with E-state index in [1.54, 1.807) is 24.3 Å². The summed E-state index contributed by atoms with van der Waals surface area (Å²) in [5, 5.41) is 12.3. The Morgan fingerprint density at radius 3 is 2.58 bits per heavy atom. The molecule has 26 heavy (non-hydrogen) atoms. The van der Waals surface area contributed by atoms with Crippen LogP contribution in [0.5, 0.6) is 5.75 Å². The molecule has 1 aliphatic rings. The minimum atomic E-state index is -1.12. The van der Waals surface area contributed by atoms with E-state index in [0.717, 1.165) is 12.8 Å². The van der Waals surface area contributed by atoms with Gasteiger partial charge in [-0.05, 0) is 57.1 Å². The van der Waals surface area contributed by atoms with Gasteiger partial charge in [-0.15, -0.1) is 0 Å². The molecule has 1 saturated carbocycles. The molecule has 0 spiro atoms. The highest BCUT2D eigenvalue weighted by molar-refractivity contribution is 5.94. The van der Waals surface area contributed by atoms with Crippen LogP contribution >= 0.6 is 0 Å². The zero-order valence-corrected chi connectivity index (χ0v) is 15.4. The molecule has 0 unspecified atom stereocenters. The highest BCUT2D eigenvalue weighted by atomic mass is 16.5. The highest BCUT2D eigenvalue weighted by Gasteiger charge is 2.42. The number of carboxylic acid groups (broad SMARTS) is 1. The third-order valence-corrected chi connectivity index (χ3v) is 4.97. The van der Waals surface area contributed by atoms with Gasteiger partial charge in [-0.3, -0.25) is 9.59 Å². The number of carboxylic acids is 1. The van der Waals surface area contributed by atoms with Crippen LogP contribution in [0.15, 0.2) is 24.3 Å². The Morgan fingerprint density at radius 2 is 1.96 bits per heavy atom. The monoisotopic (exact) mass is 361 g/mol. The van der Waals surface area contributed by atoms with Crippen molar-refractivity contribution in [3.63, 3.8) is 0 Å². The average Bonchev–Trinajstić information content (AvgIpc) is 2.61. The predicted octanol–water partition coefficient (Wildman–Crippen LogP) is 3.20. The van der Waals surface area contributed by atoms with E-state index in [4.69, 9.17) is 4.74 Å². The van der Waals surface area contributed by atoms with Crippen molar-refractivity contribution in [1.29, 1.82) is 0 Å². The molecule has 142 valence electrons. The van der Waals surface area contributed by atoms with E-state index in [9.17, 15) is 19.5 Å². The lowest BCUT2D eigenvalue weighted by molar-refractivity contribution is -0.149.